The highest BCUT2D eigenvalue weighted by atomic mass is 16.5. The van der Waals surface area contributed by atoms with Crippen LogP contribution in [0.3, 0.4) is 0 Å². The molecule has 0 atom stereocenters. The molecule has 2 aliphatic heterocycles. The molecule has 1 saturated heterocycles. The van der Waals surface area contributed by atoms with Gasteiger partial charge >= 0.3 is 0 Å². The van der Waals surface area contributed by atoms with Crippen LogP contribution in [0.15, 0.2) is 48.5 Å². The fraction of sp³-hybridized carbons (Fsp3) is 0.440. The lowest BCUT2D eigenvalue weighted by Gasteiger charge is -2.42. The van der Waals surface area contributed by atoms with Crippen molar-refractivity contribution in [1.29, 1.82) is 0 Å². The molecule has 2 heterocycles. The summed E-state index contributed by atoms with van der Waals surface area (Å²) in [5, 5.41) is 8.80. The fourth-order valence-corrected chi connectivity index (χ4v) is 4.96. The second kappa shape index (κ2) is 8.00. The molecule has 6 heteroatoms. The Morgan fingerprint density at radius 3 is 2.29 bits per heavy atom. The van der Waals surface area contributed by atoms with Crippen molar-refractivity contribution in [2.24, 2.45) is 5.41 Å². The topological polar surface area (TPSA) is 72.9 Å². The smallest absolute Gasteiger partial charge is 0.274 e. The molecule has 6 nitrogen and oxygen atoms in total. The van der Waals surface area contributed by atoms with Crippen LogP contribution < -0.4 is 10.4 Å². The number of benzene rings is 2. The van der Waals surface area contributed by atoms with Gasteiger partial charge in [0.25, 0.3) is 5.91 Å². The number of piperidine rings is 1. The average molecular weight is 422 g/mol. The minimum Gasteiger partial charge on any atom is -0.366 e. The second-order valence-corrected chi connectivity index (χ2v) is 9.83. The van der Waals surface area contributed by atoms with Gasteiger partial charge in [-0.15, -0.1) is 0 Å². The number of likely N-dealkylation sites (tertiary alicyclic amines) is 1. The number of fused-ring (bicyclic) bond motifs is 2. The summed E-state index contributed by atoms with van der Waals surface area (Å²) in [6.07, 6.45) is 1.94. The van der Waals surface area contributed by atoms with E-state index < -0.39 is 5.91 Å². The SMILES string of the molecule is CC(C)(C)C(=O)N1CCC2(CC1)CN(Cc1ccc(C(=O)NO)cc1)c1ccccc12. The molecule has 0 radical (unpaired) electrons. The number of rotatable bonds is 3. The van der Waals surface area contributed by atoms with E-state index in [1.807, 2.05) is 37.8 Å². The highest BCUT2D eigenvalue weighted by molar-refractivity contribution is 5.93. The molecule has 0 aliphatic carbocycles. The minimum absolute atomic E-state index is 0.0714. The van der Waals surface area contributed by atoms with Crippen LogP contribution in [0.25, 0.3) is 0 Å². The molecule has 0 saturated carbocycles. The first-order valence-corrected chi connectivity index (χ1v) is 10.9. The van der Waals surface area contributed by atoms with E-state index in [1.54, 1.807) is 17.6 Å². The van der Waals surface area contributed by atoms with Gasteiger partial charge in [0.05, 0.1) is 0 Å². The molecular formula is C25H31N3O3. The Kier molecular flexibility index (Phi) is 5.52. The van der Waals surface area contributed by atoms with Gasteiger partial charge in [-0.2, -0.15) is 0 Å². The number of nitrogens with zero attached hydrogens (tertiary/aromatic N) is 2. The fourth-order valence-electron chi connectivity index (χ4n) is 4.96. The van der Waals surface area contributed by atoms with Gasteiger partial charge in [-0.3, -0.25) is 14.8 Å². The first-order chi connectivity index (χ1) is 14.7. The first kappa shape index (κ1) is 21.4. The summed E-state index contributed by atoms with van der Waals surface area (Å²) in [5.41, 5.74) is 5.58. The summed E-state index contributed by atoms with van der Waals surface area (Å²) in [7, 11) is 0. The van der Waals surface area contributed by atoms with Crippen molar-refractivity contribution in [1.82, 2.24) is 10.4 Å². The second-order valence-electron chi connectivity index (χ2n) is 9.83. The van der Waals surface area contributed by atoms with E-state index in [4.69, 9.17) is 5.21 Å². The van der Waals surface area contributed by atoms with Gasteiger partial charge in [0.15, 0.2) is 0 Å². The molecule has 0 unspecified atom stereocenters. The monoisotopic (exact) mass is 421 g/mol. The van der Waals surface area contributed by atoms with E-state index in [1.165, 1.54) is 11.3 Å². The Bertz CT molecular complexity index is 970. The molecule has 2 N–H and O–H groups in total. The van der Waals surface area contributed by atoms with Gasteiger partial charge in [0.1, 0.15) is 0 Å². The summed E-state index contributed by atoms with van der Waals surface area (Å²) in [6, 6.07) is 15.9. The number of carbonyl (C=O) groups is 2. The highest BCUT2D eigenvalue weighted by Crippen LogP contribution is 2.47. The molecule has 4 rings (SSSR count). The molecule has 1 fully saturated rings. The van der Waals surface area contributed by atoms with Crippen molar-refractivity contribution in [3.05, 3.63) is 65.2 Å². The third kappa shape index (κ3) is 4.04. The largest absolute Gasteiger partial charge is 0.366 e. The van der Waals surface area contributed by atoms with Crippen LogP contribution in [0.4, 0.5) is 5.69 Å². The van der Waals surface area contributed by atoms with Gasteiger partial charge < -0.3 is 9.80 Å². The molecular weight excluding hydrogens is 390 g/mol. The standard InChI is InChI=1S/C25H31N3O3/c1-24(2,3)23(30)27-14-12-25(13-15-27)17-28(21-7-5-4-6-20(21)25)16-18-8-10-19(11-9-18)22(29)26-31/h4-11,31H,12-17H2,1-3H3,(H,26,29). The number of carbonyl (C=O) groups excluding carboxylic acids is 2. The van der Waals surface area contributed by atoms with Gasteiger partial charge in [0, 0.05) is 48.3 Å². The molecule has 31 heavy (non-hydrogen) atoms. The van der Waals surface area contributed by atoms with Gasteiger partial charge in [-0.1, -0.05) is 51.1 Å². The maximum atomic E-state index is 12.7. The highest BCUT2D eigenvalue weighted by Gasteiger charge is 2.45. The van der Waals surface area contributed by atoms with Crippen molar-refractivity contribution < 1.29 is 14.8 Å². The molecule has 164 valence electrons. The molecule has 0 bridgehead atoms. The van der Waals surface area contributed by atoms with E-state index in [-0.39, 0.29) is 16.7 Å². The summed E-state index contributed by atoms with van der Waals surface area (Å²) in [5.74, 6) is -0.272. The molecule has 2 amide bonds. The number of anilines is 1. The summed E-state index contributed by atoms with van der Waals surface area (Å²) in [6.45, 7) is 9.24. The predicted octanol–water partition coefficient (Wildman–Crippen LogP) is 3.73. The lowest BCUT2D eigenvalue weighted by molar-refractivity contribution is -0.141. The van der Waals surface area contributed by atoms with Crippen molar-refractivity contribution >= 4 is 17.5 Å². The van der Waals surface area contributed by atoms with Crippen LogP contribution in [0.1, 0.15) is 55.1 Å². The maximum Gasteiger partial charge on any atom is 0.274 e. The first-order valence-electron chi connectivity index (χ1n) is 10.9. The zero-order chi connectivity index (χ0) is 22.2. The molecule has 2 aliphatic rings. The van der Waals surface area contributed by atoms with Crippen LogP contribution in [0.5, 0.6) is 0 Å². The van der Waals surface area contributed by atoms with E-state index in [0.29, 0.717) is 5.56 Å². The Morgan fingerprint density at radius 2 is 1.68 bits per heavy atom. The molecule has 2 aromatic carbocycles. The lowest BCUT2D eigenvalue weighted by Crippen LogP contribution is -2.49. The van der Waals surface area contributed by atoms with Gasteiger partial charge in [-0.25, -0.2) is 5.48 Å². The predicted molar refractivity (Wildman–Crippen MR) is 120 cm³/mol. The van der Waals surface area contributed by atoms with E-state index in [9.17, 15) is 9.59 Å². The van der Waals surface area contributed by atoms with E-state index in [0.717, 1.165) is 44.6 Å². The van der Waals surface area contributed by atoms with Gasteiger partial charge in [0.2, 0.25) is 5.91 Å². The van der Waals surface area contributed by atoms with Crippen molar-refractivity contribution in [3.8, 4) is 0 Å². The van der Waals surface area contributed by atoms with E-state index >= 15 is 0 Å². The Morgan fingerprint density at radius 1 is 1.03 bits per heavy atom. The maximum absolute atomic E-state index is 12.7. The zero-order valence-corrected chi connectivity index (χ0v) is 18.5. The number of hydrogen-bond donors (Lipinski definition) is 2. The minimum atomic E-state index is -0.506. The molecule has 2 aromatic rings. The summed E-state index contributed by atoms with van der Waals surface area (Å²) >= 11 is 0. The molecule has 1 spiro atoms. The Balaban J connectivity index is 1.52. The average Bonchev–Trinajstić information content (AvgIpc) is 3.06. The van der Waals surface area contributed by atoms with Crippen LogP contribution >= 0.6 is 0 Å². The normalized spacial score (nSPS) is 17.5. The summed E-state index contributed by atoms with van der Waals surface area (Å²) in [4.78, 5) is 28.8. The number of nitrogens with one attached hydrogen (secondary N) is 1. The van der Waals surface area contributed by atoms with Crippen molar-refractivity contribution in [2.75, 3.05) is 24.5 Å². The third-order valence-electron chi connectivity index (χ3n) is 6.65. The summed E-state index contributed by atoms with van der Waals surface area (Å²) < 4.78 is 0. The molecule has 0 aromatic heterocycles. The third-order valence-corrected chi connectivity index (χ3v) is 6.65. The quantitative estimate of drug-likeness (QED) is 0.585. The number of amides is 2. The lowest BCUT2D eigenvalue weighted by atomic mass is 9.74. The van der Waals surface area contributed by atoms with E-state index in [2.05, 4.69) is 29.2 Å². The van der Waals surface area contributed by atoms with Gasteiger partial charge in [-0.05, 0) is 42.2 Å². The number of para-hydroxylation sites is 1. The Hall–Kier alpha value is -2.86. The Labute approximate surface area is 183 Å². The zero-order valence-electron chi connectivity index (χ0n) is 18.5. The van der Waals surface area contributed by atoms with Crippen LogP contribution in [0.2, 0.25) is 0 Å². The number of hydrogen-bond acceptors (Lipinski definition) is 4. The van der Waals surface area contributed by atoms with Crippen molar-refractivity contribution in [3.63, 3.8) is 0 Å². The van der Waals surface area contributed by atoms with Crippen LogP contribution in [-0.2, 0) is 16.8 Å². The van der Waals surface area contributed by atoms with Crippen LogP contribution in [0, 0.1) is 5.41 Å². The number of hydroxylamine groups is 1. The van der Waals surface area contributed by atoms with Crippen molar-refractivity contribution in [2.45, 2.75) is 45.6 Å². The van der Waals surface area contributed by atoms with Crippen LogP contribution in [-0.4, -0.2) is 41.6 Å².